The number of nitrogens with zero attached hydrogens (tertiary/aromatic N) is 2. The molecular formula is C27H34N4O9. The SMILES string of the molecule is CCOC(=O)CNc1cc(N(C)C)c2c(c1O)C(=O)C1C(=O)[C@]3(O)C(=O)C(C(N)=O)C(=O)[C@@H](N(C)C)[C@@H]3C[C@@H]1C2. The van der Waals surface area contributed by atoms with Crippen molar-refractivity contribution in [1.29, 1.82) is 0 Å². The summed E-state index contributed by atoms with van der Waals surface area (Å²) in [5.41, 5.74) is 3.45. The van der Waals surface area contributed by atoms with Crippen molar-refractivity contribution in [2.24, 2.45) is 29.4 Å². The summed E-state index contributed by atoms with van der Waals surface area (Å²) >= 11 is 0. The number of Topliss-reactive ketones (excluding diaryl/α,β-unsaturated/α-hetero) is 4. The van der Waals surface area contributed by atoms with Gasteiger partial charge in [-0.3, -0.25) is 33.7 Å². The minimum atomic E-state index is -2.79. The highest BCUT2D eigenvalue weighted by molar-refractivity contribution is 6.32. The van der Waals surface area contributed by atoms with E-state index in [0.29, 0.717) is 11.3 Å². The number of primary amides is 1. The minimum Gasteiger partial charge on any atom is -0.505 e. The van der Waals surface area contributed by atoms with E-state index in [0.717, 1.165) is 0 Å². The van der Waals surface area contributed by atoms with Crippen molar-refractivity contribution in [3.05, 3.63) is 17.2 Å². The molecule has 3 aliphatic rings. The van der Waals surface area contributed by atoms with Crippen molar-refractivity contribution in [2.45, 2.75) is 31.4 Å². The first-order valence-electron chi connectivity index (χ1n) is 13.0. The molecule has 1 amide bonds. The highest BCUT2D eigenvalue weighted by Gasteiger charge is 2.69. The average Bonchev–Trinajstić information content (AvgIpc) is 2.85. The Labute approximate surface area is 230 Å². The van der Waals surface area contributed by atoms with Gasteiger partial charge in [0.1, 0.15) is 12.3 Å². The Kier molecular flexibility index (Phi) is 7.50. The molecule has 0 radical (unpaired) electrons. The van der Waals surface area contributed by atoms with Gasteiger partial charge >= 0.3 is 5.97 Å². The number of amides is 1. The molecule has 13 nitrogen and oxygen atoms in total. The fourth-order valence-corrected chi connectivity index (χ4v) is 6.57. The summed E-state index contributed by atoms with van der Waals surface area (Å²) in [6.07, 6.45) is 0.0887. The number of fused-ring (bicyclic) bond motifs is 3. The quantitative estimate of drug-likeness (QED) is 0.179. The molecule has 2 unspecified atom stereocenters. The number of benzene rings is 1. The number of phenolic OH excluding ortho intramolecular Hbond substituents is 1. The Balaban J connectivity index is 1.83. The molecular weight excluding hydrogens is 524 g/mol. The Morgan fingerprint density at radius 3 is 2.35 bits per heavy atom. The number of hydrogen-bond donors (Lipinski definition) is 4. The number of anilines is 2. The van der Waals surface area contributed by atoms with E-state index < -0.39 is 76.1 Å². The highest BCUT2D eigenvalue weighted by atomic mass is 16.5. The van der Waals surface area contributed by atoms with Gasteiger partial charge in [0.15, 0.2) is 34.7 Å². The van der Waals surface area contributed by atoms with E-state index in [9.17, 15) is 39.0 Å². The molecule has 13 heteroatoms. The second-order valence-corrected chi connectivity index (χ2v) is 11.0. The summed E-state index contributed by atoms with van der Waals surface area (Å²) < 4.78 is 4.90. The predicted molar refractivity (Wildman–Crippen MR) is 141 cm³/mol. The third kappa shape index (κ3) is 4.24. The number of ether oxygens (including phenoxy) is 1. The molecule has 0 spiro atoms. The van der Waals surface area contributed by atoms with Crippen LogP contribution in [0.15, 0.2) is 6.07 Å². The van der Waals surface area contributed by atoms with Crippen molar-refractivity contribution in [3.8, 4) is 5.75 Å². The van der Waals surface area contributed by atoms with E-state index in [1.807, 2.05) is 0 Å². The summed E-state index contributed by atoms with van der Waals surface area (Å²) in [5.74, 6) is -11.8. The number of rotatable bonds is 7. The second-order valence-electron chi connectivity index (χ2n) is 11.0. The van der Waals surface area contributed by atoms with Crippen LogP contribution >= 0.6 is 0 Å². The maximum Gasteiger partial charge on any atom is 0.325 e. The first kappa shape index (κ1) is 29.2. The van der Waals surface area contributed by atoms with Gasteiger partial charge in [0.05, 0.1) is 29.8 Å². The molecule has 0 bridgehead atoms. The lowest BCUT2D eigenvalue weighted by molar-refractivity contribution is -0.181. The lowest BCUT2D eigenvalue weighted by Gasteiger charge is -2.52. The van der Waals surface area contributed by atoms with Crippen LogP contribution in [0.2, 0.25) is 0 Å². The van der Waals surface area contributed by atoms with E-state index in [4.69, 9.17) is 10.5 Å². The van der Waals surface area contributed by atoms with Crippen LogP contribution in [0.1, 0.15) is 29.3 Å². The number of hydrogen-bond acceptors (Lipinski definition) is 12. The summed E-state index contributed by atoms with van der Waals surface area (Å²) in [7, 11) is 6.52. The van der Waals surface area contributed by atoms with E-state index in [1.165, 1.54) is 19.0 Å². The Morgan fingerprint density at radius 1 is 1.15 bits per heavy atom. The predicted octanol–water partition coefficient (Wildman–Crippen LogP) is -1.09. The van der Waals surface area contributed by atoms with E-state index in [1.54, 1.807) is 32.0 Å². The molecule has 0 aromatic heterocycles. The van der Waals surface area contributed by atoms with Crippen LogP contribution in [0, 0.1) is 23.7 Å². The van der Waals surface area contributed by atoms with Crippen LogP contribution in [0.25, 0.3) is 0 Å². The van der Waals surface area contributed by atoms with Crippen molar-refractivity contribution < 1.29 is 43.7 Å². The smallest absolute Gasteiger partial charge is 0.325 e. The van der Waals surface area contributed by atoms with Crippen LogP contribution in [0.4, 0.5) is 11.4 Å². The largest absolute Gasteiger partial charge is 0.505 e. The van der Waals surface area contributed by atoms with Gasteiger partial charge in [-0.25, -0.2) is 0 Å². The van der Waals surface area contributed by atoms with Crippen molar-refractivity contribution in [2.75, 3.05) is 51.6 Å². The van der Waals surface area contributed by atoms with Crippen LogP contribution in [-0.2, 0) is 35.1 Å². The Hall–Kier alpha value is -3.84. The van der Waals surface area contributed by atoms with Gasteiger partial charge in [-0.05, 0) is 51.4 Å². The zero-order valence-corrected chi connectivity index (χ0v) is 23.0. The van der Waals surface area contributed by atoms with E-state index in [2.05, 4.69) is 5.32 Å². The molecule has 1 aromatic carbocycles. The number of phenols is 1. The number of carbonyl (C=O) groups is 6. The molecule has 0 heterocycles. The molecule has 2 fully saturated rings. The Morgan fingerprint density at radius 2 is 1.80 bits per heavy atom. The van der Waals surface area contributed by atoms with Crippen LogP contribution in [0.5, 0.6) is 5.75 Å². The highest BCUT2D eigenvalue weighted by Crippen LogP contribution is 2.52. The number of aromatic hydroxyl groups is 1. The zero-order chi connectivity index (χ0) is 29.8. The average molecular weight is 559 g/mol. The third-order valence-electron chi connectivity index (χ3n) is 8.25. The molecule has 6 atom stereocenters. The number of carbonyl (C=O) groups excluding carboxylic acids is 6. The number of nitrogens with one attached hydrogen (secondary N) is 1. The molecule has 5 N–H and O–H groups in total. The number of aliphatic hydroxyl groups is 1. The summed E-state index contributed by atoms with van der Waals surface area (Å²) in [6.45, 7) is 1.51. The van der Waals surface area contributed by atoms with E-state index in [-0.39, 0.29) is 37.2 Å². The summed E-state index contributed by atoms with van der Waals surface area (Å²) in [6, 6.07) is 0.410. The normalized spacial score (nSPS) is 29.4. The van der Waals surface area contributed by atoms with Crippen molar-refractivity contribution >= 4 is 46.4 Å². The van der Waals surface area contributed by atoms with Crippen molar-refractivity contribution in [1.82, 2.24) is 4.90 Å². The van der Waals surface area contributed by atoms with Crippen molar-refractivity contribution in [3.63, 3.8) is 0 Å². The lowest BCUT2D eigenvalue weighted by Crippen LogP contribution is -2.74. The van der Waals surface area contributed by atoms with Gasteiger partial charge in [-0.2, -0.15) is 0 Å². The molecule has 4 rings (SSSR count). The molecule has 2 saturated carbocycles. The van der Waals surface area contributed by atoms with Crippen LogP contribution < -0.4 is 16.0 Å². The number of ketones is 4. The van der Waals surface area contributed by atoms with Gasteiger partial charge in [0.25, 0.3) is 0 Å². The number of esters is 1. The molecule has 1 aromatic rings. The fraction of sp³-hybridized carbons (Fsp3) is 0.556. The third-order valence-corrected chi connectivity index (χ3v) is 8.25. The van der Waals surface area contributed by atoms with Gasteiger partial charge in [0.2, 0.25) is 5.91 Å². The van der Waals surface area contributed by atoms with Crippen LogP contribution in [0.3, 0.4) is 0 Å². The number of likely N-dealkylation sites (N-methyl/N-ethyl adjacent to an activating group) is 1. The van der Waals surface area contributed by atoms with Gasteiger partial charge < -0.3 is 30.9 Å². The van der Waals surface area contributed by atoms with E-state index >= 15 is 0 Å². The molecule has 0 aliphatic heterocycles. The molecule has 216 valence electrons. The lowest BCUT2D eigenvalue weighted by atomic mass is 9.52. The molecule has 3 aliphatic carbocycles. The summed E-state index contributed by atoms with van der Waals surface area (Å²) in [4.78, 5) is 81.6. The monoisotopic (exact) mass is 558 g/mol. The second kappa shape index (κ2) is 10.3. The van der Waals surface area contributed by atoms with Gasteiger partial charge in [0, 0.05) is 25.7 Å². The maximum absolute atomic E-state index is 14.0. The molecule has 0 saturated heterocycles. The van der Waals surface area contributed by atoms with Gasteiger partial charge in [-0.15, -0.1) is 0 Å². The fourth-order valence-electron chi connectivity index (χ4n) is 6.57. The van der Waals surface area contributed by atoms with Gasteiger partial charge in [-0.1, -0.05) is 0 Å². The summed E-state index contributed by atoms with van der Waals surface area (Å²) in [5, 5.41) is 25.6. The topological polar surface area (TPSA) is 197 Å². The van der Waals surface area contributed by atoms with Crippen LogP contribution in [-0.4, -0.2) is 103 Å². The first-order valence-corrected chi connectivity index (χ1v) is 13.0. The first-order chi connectivity index (χ1) is 18.7. The standard InChI is InChI=1S/C27H34N4O9/c1-6-40-16(32)10-29-14-9-15(30(2)3)12-7-11-8-13-20(31(4)5)23(35)19(26(28)38)25(37)27(13,39)24(36)17(11)22(34)18(12)21(14)33/h9,11,13,17,19-20,29,33,39H,6-8,10H2,1-5H3,(H2,28,38)/t11-,13-,17?,19?,20-,27-/m0/s1. The minimum absolute atomic E-state index is 0.0413. The zero-order valence-electron chi connectivity index (χ0n) is 23.0. The molecule has 40 heavy (non-hydrogen) atoms. The number of nitrogens with two attached hydrogens (primary N) is 1. The maximum atomic E-state index is 14.0. The Bertz CT molecular complexity index is 1320.